The molecule has 4 nitrogen and oxygen atoms in total. The molecule has 3 rings (SSSR count). The summed E-state index contributed by atoms with van der Waals surface area (Å²) in [5.41, 5.74) is 3.34. The molecule has 0 N–H and O–H groups in total. The second-order valence-electron chi connectivity index (χ2n) is 6.27. The minimum Gasteiger partial charge on any atom is -0.462 e. The molecule has 1 amide bonds. The Bertz CT molecular complexity index is 941. The Morgan fingerprint density at radius 1 is 1.07 bits per heavy atom. The van der Waals surface area contributed by atoms with Gasteiger partial charge in [0.2, 0.25) is 0 Å². The summed E-state index contributed by atoms with van der Waals surface area (Å²) in [4.78, 5) is 27.2. The van der Waals surface area contributed by atoms with Gasteiger partial charge in [0.1, 0.15) is 5.82 Å². The van der Waals surface area contributed by atoms with Crippen LogP contribution in [0.3, 0.4) is 0 Å². The van der Waals surface area contributed by atoms with E-state index in [2.05, 4.69) is 0 Å². The van der Waals surface area contributed by atoms with Crippen LogP contribution in [-0.4, -0.2) is 18.5 Å². The van der Waals surface area contributed by atoms with E-state index in [0.717, 1.165) is 5.56 Å². The first kappa shape index (κ1) is 18.6. The highest BCUT2D eigenvalue weighted by molar-refractivity contribution is 6.23. The number of rotatable bonds is 4. The normalized spacial score (nSPS) is 15.6. The van der Waals surface area contributed by atoms with Crippen LogP contribution in [0.5, 0.6) is 0 Å². The smallest absolute Gasteiger partial charge is 0.340 e. The van der Waals surface area contributed by atoms with Gasteiger partial charge in [0.15, 0.2) is 0 Å². The molecule has 0 unspecified atom stereocenters. The molecule has 0 bridgehead atoms. The molecule has 0 spiro atoms. The van der Waals surface area contributed by atoms with Crippen molar-refractivity contribution < 1.29 is 18.7 Å². The molecule has 0 aromatic heterocycles. The lowest BCUT2D eigenvalue weighted by molar-refractivity contribution is -0.138. The summed E-state index contributed by atoms with van der Waals surface area (Å²) in [7, 11) is 0. The molecule has 138 valence electrons. The van der Waals surface area contributed by atoms with Crippen molar-refractivity contribution in [2.45, 2.75) is 20.8 Å². The van der Waals surface area contributed by atoms with Gasteiger partial charge in [-0.25, -0.2) is 9.18 Å². The fraction of sp³-hybridized carbons (Fsp3) is 0.182. The molecule has 2 aromatic carbocycles. The summed E-state index contributed by atoms with van der Waals surface area (Å²) < 4.78 is 18.3. The first-order chi connectivity index (χ1) is 12.9. The Morgan fingerprint density at radius 3 is 2.30 bits per heavy atom. The van der Waals surface area contributed by atoms with Crippen molar-refractivity contribution in [2.24, 2.45) is 0 Å². The minimum absolute atomic E-state index is 0.207. The maximum absolute atomic E-state index is 13.2. The van der Waals surface area contributed by atoms with E-state index in [4.69, 9.17) is 4.74 Å². The second-order valence-corrected chi connectivity index (χ2v) is 6.27. The number of anilines is 1. The van der Waals surface area contributed by atoms with Gasteiger partial charge in [-0.2, -0.15) is 0 Å². The number of allylic oxidation sites excluding steroid dienone is 1. The van der Waals surface area contributed by atoms with Gasteiger partial charge in [0.25, 0.3) is 5.91 Å². The zero-order valence-electron chi connectivity index (χ0n) is 15.5. The zero-order chi connectivity index (χ0) is 19.6. The number of halogens is 1. The summed E-state index contributed by atoms with van der Waals surface area (Å²) in [5, 5.41) is 0. The molecule has 0 atom stereocenters. The predicted octanol–water partition coefficient (Wildman–Crippen LogP) is 4.40. The number of nitrogens with zero attached hydrogens (tertiary/aromatic N) is 1. The van der Waals surface area contributed by atoms with Crippen molar-refractivity contribution in [3.05, 3.63) is 82.3 Å². The van der Waals surface area contributed by atoms with E-state index in [0.29, 0.717) is 16.9 Å². The van der Waals surface area contributed by atoms with Crippen LogP contribution in [0.15, 0.2) is 65.4 Å². The number of hydrogen-bond acceptors (Lipinski definition) is 3. The van der Waals surface area contributed by atoms with Crippen molar-refractivity contribution in [3.8, 4) is 0 Å². The molecule has 5 heteroatoms. The monoisotopic (exact) mass is 365 g/mol. The summed E-state index contributed by atoms with van der Waals surface area (Å²) >= 11 is 0. The Kier molecular flexibility index (Phi) is 5.21. The average Bonchev–Trinajstić information content (AvgIpc) is 2.88. The molecular formula is C22H20FNO3. The number of esters is 1. The minimum atomic E-state index is -0.550. The lowest BCUT2D eigenvalue weighted by Crippen LogP contribution is -2.24. The molecule has 1 aliphatic rings. The van der Waals surface area contributed by atoms with Gasteiger partial charge < -0.3 is 4.74 Å². The number of carbonyl (C=O) groups excluding carboxylic acids is 2. The Labute approximate surface area is 157 Å². The standard InChI is InChI=1S/C22H20FNO3/c1-4-27-22(26)20-15(3)24(18-11-5-14(2)6-12-18)21(25)19(20)13-16-7-9-17(23)10-8-16/h5-13H,4H2,1-3H3. The van der Waals surface area contributed by atoms with E-state index in [9.17, 15) is 14.0 Å². The third-order valence-electron chi connectivity index (χ3n) is 4.35. The molecule has 0 radical (unpaired) electrons. The third kappa shape index (κ3) is 3.67. The lowest BCUT2D eigenvalue weighted by Gasteiger charge is -2.18. The van der Waals surface area contributed by atoms with Crippen LogP contribution in [0.25, 0.3) is 6.08 Å². The summed E-state index contributed by atoms with van der Waals surface area (Å²) in [6, 6.07) is 13.2. The molecular weight excluding hydrogens is 345 g/mol. The zero-order valence-corrected chi connectivity index (χ0v) is 15.5. The maximum atomic E-state index is 13.2. The summed E-state index contributed by atoms with van der Waals surface area (Å²) in [5.74, 6) is -1.23. The van der Waals surface area contributed by atoms with Gasteiger partial charge in [-0.3, -0.25) is 9.69 Å². The van der Waals surface area contributed by atoms with Gasteiger partial charge in [-0.15, -0.1) is 0 Å². The molecule has 0 aliphatic carbocycles. The van der Waals surface area contributed by atoms with Crippen molar-refractivity contribution in [1.82, 2.24) is 0 Å². The molecule has 27 heavy (non-hydrogen) atoms. The van der Waals surface area contributed by atoms with Crippen molar-refractivity contribution in [3.63, 3.8) is 0 Å². The average molecular weight is 365 g/mol. The Hall–Kier alpha value is -3.21. The molecule has 0 fully saturated rings. The molecule has 0 saturated heterocycles. The van der Waals surface area contributed by atoms with Crippen LogP contribution in [-0.2, 0) is 14.3 Å². The quantitative estimate of drug-likeness (QED) is 0.596. The first-order valence-corrected chi connectivity index (χ1v) is 8.69. The fourth-order valence-electron chi connectivity index (χ4n) is 3.01. The largest absolute Gasteiger partial charge is 0.462 e. The van der Waals surface area contributed by atoms with Crippen molar-refractivity contribution in [1.29, 1.82) is 0 Å². The molecule has 1 aliphatic heterocycles. The van der Waals surface area contributed by atoms with Gasteiger partial charge in [-0.1, -0.05) is 29.8 Å². The van der Waals surface area contributed by atoms with Crippen LogP contribution in [0, 0.1) is 12.7 Å². The molecule has 1 heterocycles. The predicted molar refractivity (Wildman–Crippen MR) is 102 cm³/mol. The highest BCUT2D eigenvalue weighted by atomic mass is 19.1. The van der Waals surface area contributed by atoms with Gasteiger partial charge >= 0.3 is 5.97 Å². The number of amides is 1. The highest BCUT2D eigenvalue weighted by Gasteiger charge is 2.38. The second kappa shape index (κ2) is 7.58. The van der Waals surface area contributed by atoms with Crippen LogP contribution < -0.4 is 4.90 Å². The summed E-state index contributed by atoms with van der Waals surface area (Å²) in [6.45, 7) is 5.60. The van der Waals surface area contributed by atoms with E-state index in [1.807, 2.05) is 31.2 Å². The molecule has 0 saturated carbocycles. The van der Waals surface area contributed by atoms with Crippen molar-refractivity contribution in [2.75, 3.05) is 11.5 Å². The SMILES string of the molecule is CCOC(=O)C1=C(C)N(c2ccc(C)cc2)C(=O)C1=Cc1ccc(F)cc1. The van der Waals surface area contributed by atoms with E-state index in [1.54, 1.807) is 32.1 Å². The number of carbonyl (C=O) groups is 2. The maximum Gasteiger partial charge on any atom is 0.340 e. The van der Waals surface area contributed by atoms with E-state index in [-0.39, 0.29) is 29.5 Å². The van der Waals surface area contributed by atoms with E-state index >= 15 is 0 Å². The van der Waals surface area contributed by atoms with E-state index in [1.165, 1.54) is 17.0 Å². The highest BCUT2D eigenvalue weighted by Crippen LogP contribution is 2.35. The summed E-state index contributed by atoms with van der Waals surface area (Å²) in [6.07, 6.45) is 1.59. The Balaban J connectivity index is 2.11. The third-order valence-corrected chi connectivity index (χ3v) is 4.35. The fourth-order valence-corrected chi connectivity index (χ4v) is 3.01. The number of hydrogen-bond donors (Lipinski definition) is 0. The van der Waals surface area contributed by atoms with Crippen LogP contribution in [0.4, 0.5) is 10.1 Å². The van der Waals surface area contributed by atoms with Crippen molar-refractivity contribution >= 4 is 23.6 Å². The number of ether oxygens (including phenoxy) is 1. The van der Waals surface area contributed by atoms with Gasteiger partial charge in [-0.05, 0) is 56.7 Å². The van der Waals surface area contributed by atoms with E-state index < -0.39 is 5.97 Å². The Morgan fingerprint density at radius 2 is 1.70 bits per heavy atom. The van der Waals surface area contributed by atoms with Gasteiger partial charge in [0, 0.05) is 11.4 Å². The molecule has 2 aromatic rings. The first-order valence-electron chi connectivity index (χ1n) is 8.69. The number of aryl methyl sites for hydroxylation is 1. The van der Waals surface area contributed by atoms with Gasteiger partial charge in [0.05, 0.1) is 17.8 Å². The lowest BCUT2D eigenvalue weighted by atomic mass is 10.0. The van der Waals surface area contributed by atoms with Crippen LogP contribution in [0.1, 0.15) is 25.0 Å². The van der Waals surface area contributed by atoms with Crippen LogP contribution in [0.2, 0.25) is 0 Å². The topological polar surface area (TPSA) is 46.6 Å². The van der Waals surface area contributed by atoms with Crippen LogP contribution >= 0.6 is 0 Å². The number of benzene rings is 2.